The van der Waals surface area contributed by atoms with Gasteiger partial charge in [-0.1, -0.05) is 20.3 Å². The summed E-state index contributed by atoms with van der Waals surface area (Å²) in [4.78, 5) is 21.3. The first-order chi connectivity index (χ1) is 8.02. The summed E-state index contributed by atoms with van der Waals surface area (Å²) in [6.45, 7) is 3.77. The van der Waals surface area contributed by atoms with Gasteiger partial charge in [-0.05, 0) is 12.8 Å². The second-order valence-corrected chi connectivity index (χ2v) is 3.47. The first-order valence-electron chi connectivity index (χ1n) is 5.54. The molecule has 0 rings (SSSR count). The Labute approximate surface area is 100 Å². The largest absolute Gasteiger partial charge is 0.478 e. The molecule has 96 valence electrons. The summed E-state index contributed by atoms with van der Waals surface area (Å²) >= 11 is 0. The molecule has 0 aliphatic heterocycles. The SMILES string of the molecule is CCCC(OC=CC(=O)O)=C(CCC)C(=O)O. The lowest BCUT2D eigenvalue weighted by atomic mass is 10.1. The number of carboxylic acids is 2. The van der Waals surface area contributed by atoms with Gasteiger partial charge < -0.3 is 14.9 Å². The summed E-state index contributed by atoms with van der Waals surface area (Å²) in [7, 11) is 0. The Hall–Kier alpha value is -1.78. The van der Waals surface area contributed by atoms with Gasteiger partial charge in [0.2, 0.25) is 0 Å². The molecule has 5 heteroatoms. The Morgan fingerprint density at radius 2 is 1.71 bits per heavy atom. The summed E-state index contributed by atoms with van der Waals surface area (Å²) in [6.07, 6.45) is 4.15. The minimum Gasteiger partial charge on any atom is -0.478 e. The molecule has 0 aromatic carbocycles. The Morgan fingerprint density at radius 1 is 1.12 bits per heavy atom. The van der Waals surface area contributed by atoms with Crippen LogP contribution >= 0.6 is 0 Å². The fraction of sp³-hybridized carbons (Fsp3) is 0.500. The van der Waals surface area contributed by atoms with Gasteiger partial charge in [-0.3, -0.25) is 0 Å². The maximum Gasteiger partial charge on any atom is 0.334 e. The van der Waals surface area contributed by atoms with Crippen LogP contribution in [-0.4, -0.2) is 22.2 Å². The molecular formula is C12H18O5. The van der Waals surface area contributed by atoms with E-state index in [9.17, 15) is 9.59 Å². The first-order valence-corrected chi connectivity index (χ1v) is 5.54. The van der Waals surface area contributed by atoms with Crippen molar-refractivity contribution in [2.24, 2.45) is 0 Å². The van der Waals surface area contributed by atoms with Crippen molar-refractivity contribution in [1.29, 1.82) is 0 Å². The van der Waals surface area contributed by atoms with Crippen LogP contribution in [0.15, 0.2) is 23.7 Å². The normalized spacial score (nSPS) is 12.4. The lowest BCUT2D eigenvalue weighted by Gasteiger charge is -2.09. The van der Waals surface area contributed by atoms with Gasteiger partial charge >= 0.3 is 11.9 Å². The zero-order chi connectivity index (χ0) is 13.3. The van der Waals surface area contributed by atoms with E-state index in [0.29, 0.717) is 25.0 Å². The minimum absolute atomic E-state index is 0.212. The number of carboxylic acid groups (broad SMARTS) is 2. The molecule has 0 bridgehead atoms. The van der Waals surface area contributed by atoms with E-state index in [2.05, 4.69) is 0 Å². The number of allylic oxidation sites excluding steroid dienone is 1. The molecule has 0 aromatic rings. The van der Waals surface area contributed by atoms with Gasteiger partial charge in [-0.2, -0.15) is 0 Å². The van der Waals surface area contributed by atoms with Crippen LogP contribution < -0.4 is 0 Å². The molecule has 0 spiro atoms. The standard InChI is InChI=1S/C12H18O5/c1-3-5-9(12(15)16)10(6-4-2)17-8-7-11(13)14/h7-8H,3-6H2,1-2H3,(H,13,14)(H,15,16). The molecule has 0 saturated carbocycles. The third kappa shape index (κ3) is 6.40. The number of carbonyl (C=O) groups is 2. The molecule has 0 radical (unpaired) electrons. The van der Waals surface area contributed by atoms with Crippen LogP contribution in [0.2, 0.25) is 0 Å². The third-order valence-corrected chi connectivity index (χ3v) is 1.99. The quantitative estimate of drug-likeness (QED) is 0.504. The molecular weight excluding hydrogens is 224 g/mol. The summed E-state index contributed by atoms with van der Waals surface area (Å²) < 4.78 is 5.11. The molecule has 0 aliphatic carbocycles. The number of hydrogen-bond donors (Lipinski definition) is 2. The zero-order valence-corrected chi connectivity index (χ0v) is 10.1. The summed E-state index contributed by atoms with van der Waals surface area (Å²) in [6, 6.07) is 0. The lowest BCUT2D eigenvalue weighted by Crippen LogP contribution is -2.06. The molecule has 0 aromatic heterocycles. The van der Waals surface area contributed by atoms with E-state index in [1.807, 2.05) is 13.8 Å². The Kier molecular flexibility index (Phi) is 7.50. The number of ether oxygens (including phenoxy) is 1. The van der Waals surface area contributed by atoms with Crippen molar-refractivity contribution in [3.8, 4) is 0 Å². The van der Waals surface area contributed by atoms with Gasteiger partial charge in [-0.15, -0.1) is 0 Å². The van der Waals surface area contributed by atoms with E-state index in [0.717, 1.165) is 18.8 Å². The van der Waals surface area contributed by atoms with Crippen molar-refractivity contribution < 1.29 is 24.5 Å². The van der Waals surface area contributed by atoms with Crippen molar-refractivity contribution in [1.82, 2.24) is 0 Å². The highest BCUT2D eigenvalue weighted by Gasteiger charge is 2.14. The summed E-state index contributed by atoms with van der Waals surface area (Å²) in [5.41, 5.74) is 0.212. The molecule has 0 heterocycles. The monoisotopic (exact) mass is 242 g/mol. The average molecular weight is 242 g/mol. The second kappa shape index (κ2) is 8.38. The average Bonchev–Trinajstić information content (AvgIpc) is 2.24. The van der Waals surface area contributed by atoms with Crippen molar-refractivity contribution in [2.75, 3.05) is 0 Å². The highest BCUT2D eigenvalue weighted by molar-refractivity contribution is 5.87. The molecule has 0 saturated heterocycles. The summed E-state index contributed by atoms with van der Waals surface area (Å²) in [5.74, 6) is -1.81. The number of rotatable bonds is 8. The molecule has 0 amide bonds. The van der Waals surface area contributed by atoms with Crippen LogP contribution in [0, 0.1) is 0 Å². The van der Waals surface area contributed by atoms with Crippen LogP contribution in [0.3, 0.4) is 0 Å². The fourth-order valence-corrected chi connectivity index (χ4v) is 1.30. The van der Waals surface area contributed by atoms with Gasteiger partial charge in [-0.25, -0.2) is 9.59 Å². The first kappa shape index (κ1) is 15.2. The van der Waals surface area contributed by atoms with E-state index in [1.165, 1.54) is 0 Å². The van der Waals surface area contributed by atoms with Crippen LogP contribution in [0.25, 0.3) is 0 Å². The van der Waals surface area contributed by atoms with Gasteiger partial charge in [0, 0.05) is 6.42 Å². The Bertz CT molecular complexity index is 328. The molecule has 0 aliphatic rings. The summed E-state index contributed by atoms with van der Waals surface area (Å²) in [5, 5.41) is 17.4. The Morgan fingerprint density at radius 3 is 2.12 bits per heavy atom. The van der Waals surface area contributed by atoms with Crippen molar-refractivity contribution in [2.45, 2.75) is 39.5 Å². The molecule has 5 nitrogen and oxygen atoms in total. The molecule has 2 N–H and O–H groups in total. The van der Waals surface area contributed by atoms with Crippen molar-refractivity contribution in [3.05, 3.63) is 23.7 Å². The third-order valence-electron chi connectivity index (χ3n) is 1.99. The van der Waals surface area contributed by atoms with Gasteiger partial charge in [0.05, 0.1) is 17.9 Å². The van der Waals surface area contributed by atoms with E-state index in [-0.39, 0.29) is 5.57 Å². The second-order valence-electron chi connectivity index (χ2n) is 3.47. The van der Waals surface area contributed by atoms with Gasteiger partial charge in [0.15, 0.2) is 0 Å². The zero-order valence-electron chi connectivity index (χ0n) is 10.1. The minimum atomic E-state index is -1.13. The van der Waals surface area contributed by atoms with E-state index < -0.39 is 11.9 Å². The van der Waals surface area contributed by atoms with E-state index in [1.54, 1.807) is 0 Å². The van der Waals surface area contributed by atoms with E-state index >= 15 is 0 Å². The van der Waals surface area contributed by atoms with Crippen molar-refractivity contribution >= 4 is 11.9 Å². The van der Waals surface area contributed by atoms with Gasteiger partial charge in [0.1, 0.15) is 5.76 Å². The van der Waals surface area contributed by atoms with E-state index in [4.69, 9.17) is 14.9 Å². The highest BCUT2D eigenvalue weighted by Crippen LogP contribution is 2.18. The maximum atomic E-state index is 11.0. The maximum absolute atomic E-state index is 11.0. The fourth-order valence-electron chi connectivity index (χ4n) is 1.30. The van der Waals surface area contributed by atoms with Crippen LogP contribution in [0.4, 0.5) is 0 Å². The predicted octanol–water partition coefficient (Wildman–Crippen LogP) is 2.54. The Balaban J connectivity index is 4.92. The van der Waals surface area contributed by atoms with Gasteiger partial charge in [0.25, 0.3) is 0 Å². The predicted molar refractivity (Wildman–Crippen MR) is 62.3 cm³/mol. The number of aliphatic carboxylic acids is 2. The topological polar surface area (TPSA) is 83.8 Å². The molecule has 0 unspecified atom stereocenters. The smallest absolute Gasteiger partial charge is 0.334 e. The lowest BCUT2D eigenvalue weighted by molar-refractivity contribution is -0.133. The highest BCUT2D eigenvalue weighted by atomic mass is 16.5. The number of hydrogen-bond acceptors (Lipinski definition) is 3. The molecule has 17 heavy (non-hydrogen) atoms. The van der Waals surface area contributed by atoms with Crippen LogP contribution in [0.1, 0.15) is 39.5 Å². The molecule has 0 atom stereocenters. The van der Waals surface area contributed by atoms with Crippen LogP contribution in [0.5, 0.6) is 0 Å². The van der Waals surface area contributed by atoms with Crippen LogP contribution in [-0.2, 0) is 14.3 Å². The van der Waals surface area contributed by atoms with Crippen molar-refractivity contribution in [3.63, 3.8) is 0 Å². The molecule has 0 fully saturated rings.